The molecule has 1 heterocycles. The number of nitrogens with zero attached hydrogens (tertiary/aromatic N) is 1. The monoisotopic (exact) mass is 262 g/mol. The maximum absolute atomic E-state index is 5.44. The lowest BCUT2D eigenvalue weighted by molar-refractivity contribution is 0.218. The van der Waals surface area contributed by atoms with Crippen LogP contribution in [0.5, 0.6) is 5.75 Å². The molecule has 1 aliphatic rings. The van der Waals surface area contributed by atoms with Crippen LogP contribution in [0.3, 0.4) is 0 Å². The third-order valence-electron chi connectivity index (χ3n) is 3.80. The number of nitrogens with one attached hydrogen (secondary N) is 1. The van der Waals surface area contributed by atoms with Crippen molar-refractivity contribution in [2.24, 2.45) is 5.92 Å². The van der Waals surface area contributed by atoms with Crippen molar-refractivity contribution in [1.82, 2.24) is 10.2 Å². The minimum atomic E-state index is 0.496. The van der Waals surface area contributed by atoms with Crippen LogP contribution in [0.25, 0.3) is 0 Å². The number of ether oxygens (including phenoxy) is 1. The Balaban J connectivity index is 2.01. The fourth-order valence-electron chi connectivity index (χ4n) is 2.63. The molecule has 0 atom stereocenters. The van der Waals surface area contributed by atoms with Gasteiger partial charge in [0.2, 0.25) is 0 Å². The van der Waals surface area contributed by atoms with Gasteiger partial charge >= 0.3 is 0 Å². The van der Waals surface area contributed by atoms with Crippen molar-refractivity contribution in [3.05, 3.63) is 29.3 Å². The fourth-order valence-corrected chi connectivity index (χ4v) is 2.63. The van der Waals surface area contributed by atoms with Gasteiger partial charge in [0.1, 0.15) is 5.75 Å². The predicted octanol–water partition coefficient (Wildman–Crippen LogP) is 2.47. The predicted molar refractivity (Wildman–Crippen MR) is 79.8 cm³/mol. The molecule has 19 heavy (non-hydrogen) atoms. The Morgan fingerprint density at radius 3 is 2.63 bits per heavy atom. The summed E-state index contributed by atoms with van der Waals surface area (Å²) in [7, 11) is 3.95. The van der Waals surface area contributed by atoms with Crippen LogP contribution in [-0.4, -0.2) is 38.7 Å². The second kappa shape index (κ2) is 6.40. The normalized spacial score (nSPS) is 15.9. The maximum atomic E-state index is 5.44. The molecule has 3 nitrogen and oxygen atoms in total. The number of hydrogen-bond donors (Lipinski definition) is 1. The lowest BCUT2D eigenvalue weighted by atomic mass is 9.99. The highest BCUT2D eigenvalue weighted by Crippen LogP contribution is 2.27. The van der Waals surface area contributed by atoms with Gasteiger partial charge in [-0.2, -0.15) is 0 Å². The number of methoxy groups -OCH3 is 1. The smallest absolute Gasteiger partial charge is 0.122 e. The van der Waals surface area contributed by atoms with E-state index < -0.39 is 0 Å². The minimum Gasteiger partial charge on any atom is -0.496 e. The number of benzene rings is 1. The molecule has 0 unspecified atom stereocenters. The van der Waals surface area contributed by atoms with E-state index in [1.807, 2.05) is 0 Å². The molecule has 1 fully saturated rings. The van der Waals surface area contributed by atoms with Gasteiger partial charge in [0, 0.05) is 26.2 Å². The summed E-state index contributed by atoms with van der Waals surface area (Å²) in [6, 6.07) is 6.57. The largest absolute Gasteiger partial charge is 0.496 e. The van der Waals surface area contributed by atoms with Gasteiger partial charge in [-0.05, 0) is 36.1 Å². The van der Waals surface area contributed by atoms with Gasteiger partial charge in [0.25, 0.3) is 0 Å². The zero-order valence-electron chi connectivity index (χ0n) is 12.6. The molecular weight excluding hydrogens is 236 g/mol. The Kier molecular flexibility index (Phi) is 4.83. The molecule has 3 heteroatoms. The van der Waals surface area contributed by atoms with E-state index in [0.29, 0.717) is 5.92 Å². The third-order valence-corrected chi connectivity index (χ3v) is 3.80. The van der Waals surface area contributed by atoms with Crippen molar-refractivity contribution in [1.29, 1.82) is 0 Å². The van der Waals surface area contributed by atoms with Crippen LogP contribution in [0.1, 0.15) is 30.9 Å². The molecular formula is C16H26N2O. The summed E-state index contributed by atoms with van der Waals surface area (Å²) in [5.41, 5.74) is 2.68. The van der Waals surface area contributed by atoms with Crippen molar-refractivity contribution < 1.29 is 4.74 Å². The quantitative estimate of drug-likeness (QED) is 0.852. The van der Waals surface area contributed by atoms with Gasteiger partial charge in [-0.15, -0.1) is 0 Å². The first-order chi connectivity index (χ1) is 9.10. The van der Waals surface area contributed by atoms with E-state index in [1.54, 1.807) is 7.11 Å². The summed E-state index contributed by atoms with van der Waals surface area (Å²) in [6.45, 7) is 8.96. The summed E-state index contributed by atoms with van der Waals surface area (Å²) in [5.74, 6) is 2.33. The second-order valence-electron chi connectivity index (χ2n) is 5.95. The van der Waals surface area contributed by atoms with E-state index in [2.05, 4.69) is 49.3 Å². The van der Waals surface area contributed by atoms with Gasteiger partial charge in [0.05, 0.1) is 7.11 Å². The molecule has 106 valence electrons. The highest BCUT2D eigenvalue weighted by molar-refractivity contribution is 5.39. The molecule has 1 aromatic rings. The van der Waals surface area contributed by atoms with Crippen LogP contribution >= 0.6 is 0 Å². The molecule has 1 aliphatic heterocycles. The van der Waals surface area contributed by atoms with E-state index >= 15 is 0 Å². The van der Waals surface area contributed by atoms with Crippen LogP contribution in [0.4, 0.5) is 0 Å². The number of rotatable bonds is 6. The molecule has 1 aromatic carbocycles. The van der Waals surface area contributed by atoms with Crippen molar-refractivity contribution in [2.75, 3.05) is 33.8 Å². The molecule has 2 rings (SSSR count). The summed E-state index contributed by atoms with van der Waals surface area (Å²) in [4.78, 5) is 2.41. The average Bonchev–Trinajstić information content (AvgIpc) is 2.33. The van der Waals surface area contributed by atoms with Crippen molar-refractivity contribution in [2.45, 2.75) is 26.3 Å². The topological polar surface area (TPSA) is 24.5 Å². The molecule has 0 aliphatic carbocycles. The summed E-state index contributed by atoms with van der Waals surface area (Å²) in [5, 5.41) is 3.33. The molecule has 0 aromatic heterocycles. The SMILES string of the molecule is COc1ccc(CN(C)CC2CNC2)cc1C(C)C. The van der Waals surface area contributed by atoms with E-state index in [0.717, 1.165) is 18.2 Å². The Labute approximate surface area is 116 Å². The van der Waals surface area contributed by atoms with Crippen LogP contribution in [0.2, 0.25) is 0 Å². The minimum absolute atomic E-state index is 0.496. The van der Waals surface area contributed by atoms with E-state index in [9.17, 15) is 0 Å². The second-order valence-corrected chi connectivity index (χ2v) is 5.95. The number of hydrogen-bond acceptors (Lipinski definition) is 3. The molecule has 0 bridgehead atoms. The summed E-state index contributed by atoms with van der Waals surface area (Å²) >= 11 is 0. The summed E-state index contributed by atoms with van der Waals surface area (Å²) in [6.07, 6.45) is 0. The Bertz CT molecular complexity index is 413. The van der Waals surface area contributed by atoms with Gasteiger partial charge in [0.15, 0.2) is 0 Å². The molecule has 0 radical (unpaired) electrons. The lowest BCUT2D eigenvalue weighted by Gasteiger charge is -2.31. The van der Waals surface area contributed by atoms with Gasteiger partial charge < -0.3 is 15.0 Å². The fraction of sp³-hybridized carbons (Fsp3) is 0.625. The average molecular weight is 262 g/mol. The molecule has 0 spiro atoms. The van der Waals surface area contributed by atoms with Crippen LogP contribution in [0, 0.1) is 5.92 Å². The Morgan fingerprint density at radius 1 is 1.37 bits per heavy atom. The van der Waals surface area contributed by atoms with Crippen molar-refractivity contribution in [3.63, 3.8) is 0 Å². The van der Waals surface area contributed by atoms with Gasteiger partial charge in [-0.25, -0.2) is 0 Å². The van der Waals surface area contributed by atoms with E-state index in [-0.39, 0.29) is 0 Å². The highest BCUT2D eigenvalue weighted by atomic mass is 16.5. The summed E-state index contributed by atoms with van der Waals surface area (Å²) < 4.78 is 5.44. The standard InChI is InChI=1S/C16H26N2O/c1-12(2)15-7-13(5-6-16(15)19-4)10-18(3)11-14-8-17-9-14/h5-7,12,14,17H,8-11H2,1-4H3. The van der Waals surface area contributed by atoms with Gasteiger partial charge in [-0.1, -0.05) is 26.0 Å². The highest BCUT2D eigenvalue weighted by Gasteiger charge is 2.18. The van der Waals surface area contributed by atoms with Crippen LogP contribution in [0.15, 0.2) is 18.2 Å². The first-order valence-corrected chi connectivity index (χ1v) is 7.16. The molecule has 0 amide bonds. The van der Waals surface area contributed by atoms with Crippen molar-refractivity contribution in [3.8, 4) is 5.75 Å². The van der Waals surface area contributed by atoms with E-state index in [4.69, 9.17) is 4.74 Å². The third kappa shape index (κ3) is 3.71. The Morgan fingerprint density at radius 2 is 2.11 bits per heavy atom. The van der Waals surface area contributed by atoms with Crippen molar-refractivity contribution >= 4 is 0 Å². The maximum Gasteiger partial charge on any atom is 0.122 e. The molecule has 0 saturated carbocycles. The van der Waals surface area contributed by atoms with Crippen LogP contribution in [-0.2, 0) is 6.54 Å². The zero-order chi connectivity index (χ0) is 13.8. The lowest BCUT2D eigenvalue weighted by Crippen LogP contribution is -2.47. The Hall–Kier alpha value is -1.06. The van der Waals surface area contributed by atoms with E-state index in [1.165, 1.54) is 30.8 Å². The van der Waals surface area contributed by atoms with Gasteiger partial charge in [-0.3, -0.25) is 0 Å². The first-order valence-electron chi connectivity index (χ1n) is 7.16. The van der Waals surface area contributed by atoms with Crippen LogP contribution < -0.4 is 10.1 Å². The molecule has 1 saturated heterocycles. The molecule has 1 N–H and O–H groups in total. The first kappa shape index (κ1) is 14.4. The zero-order valence-corrected chi connectivity index (χ0v) is 12.6.